The maximum absolute atomic E-state index is 13.0. The summed E-state index contributed by atoms with van der Waals surface area (Å²) in [6.45, 7) is 0. The molecule has 2 aromatic carbocycles. The number of fused-ring (bicyclic) bond motifs is 1. The van der Waals surface area contributed by atoms with Crippen molar-refractivity contribution in [3.63, 3.8) is 0 Å². The normalized spacial score (nSPS) is 10.7. The molecule has 31 heavy (non-hydrogen) atoms. The summed E-state index contributed by atoms with van der Waals surface area (Å²) in [5.74, 6) is -0.151. The van der Waals surface area contributed by atoms with Crippen LogP contribution in [0.15, 0.2) is 73.1 Å². The molecule has 0 saturated heterocycles. The largest absolute Gasteiger partial charge is 0.453 e. The van der Waals surface area contributed by atoms with Gasteiger partial charge in [0.05, 0.1) is 24.6 Å². The van der Waals surface area contributed by atoms with Crippen molar-refractivity contribution in [2.24, 2.45) is 0 Å². The smallest absolute Gasteiger partial charge is 0.411 e. The predicted octanol–water partition coefficient (Wildman–Crippen LogP) is 5.11. The van der Waals surface area contributed by atoms with Gasteiger partial charge in [0.1, 0.15) is 5.65 Å². The average Bonchev–Trinajstić information content (AvgIpc) is 3.22. The first-order valence-corrected chi connectivity index (χ1v) is 9.80. The SMILES string of the molecule is COC(=O)Nc1ccc(-c2cnc3ccc(C(=O)N(C)c4ccc(Cl)cc4)cn23)cc1. The number of ether oxygens (including phenoxy) is 1. The minimum absolute atomic E-state index is 0.151. The molecule has 0 bridgehead atoms. The summed E-state index contributed by atoms with van der Waals surface area (Å²) in [5.41, 5.74) is 4.31. The van der Waals surface area contributed by atoms with Crippen LogP contribution in [0.25, 0.3) is 16.9 Å². The van der Waals surface area contributed by atoms with E-state index in [1.807, 2.05) is 16.5 Å². The number of carbonyl (C=O) groups excluding carboxylic acids is 2. The third kappa shape index (κ3) is 4.22. The highest BCUT2D eigenvalue weighted by Crippen LogP contribution is 2.24. The molecule has 0 saturated carbocycles. The number of aromatic nitrogens is 2. The molecule has 0 radical (unpaired) electrons. The molecule has 8 heteroatoms. The molecule has 1 N–H and O–H groups in total. The van der Waals surface area contributed by atoms with Crippen LogP contribution in [0.2, 0.25) is 5.02 Å². The molecule has 0 aliphatic carbocycles. The van der Waals surface area contributed by atoms with Crippen molar-refractivity contribution in [1.82, 2.24) is 9.38 Å². The van der Waals surface area contributed by atoms with Gasteiger partial charge in [0, 0.05) is 35.2 Å². The number of anilines is 2. The summed E-state index contributed by atoms with van der Waals surface area (Å²) in [7, 11) is 3.03. The second-order valence-corrected chi connectivity index (χ2v) is 7.26. The lowest BCUT2D eigenvalue weighted by Crippen LogP contribution is -2.26. The quantitative estimate of drug-likeness (QED) is 0.484. The third-order valence-electron chi connectivity index (χ3n) is 4.88. The van der Waals surface area contributed by atoms with Crippen LogP contribution in [0.3, 0.4) is 0 Å². The molecule has 0 aliphatic heterocycles. The van der Waals surface area contributed by atoms with E-state index in [1.165, 1.54) is 7.11 Å². The minimum atomic E-state index is -0.532. The molecule has 7 nitrogen and oxygen atoms in total. The number of methoxy groups -OCH3 is 1. The van der Waals surface area contributed by atoms with E-state index >= 15 is 0 Å². The molecule has 0 atom stereocenters. The Balaban J connectivity index is 1.64. The van der Waals surface area contributed by atoms with Crippen LogP contribution in [0.1, 0.15) is 10.4 Å². The number of pyridine rings is 1. The molecule has 156 valence electrons. The van der Waals surface area contributed by atoms with E-state index in [0.717, 1.165) is 22.6 Å². The molecule has 4 aromatic rings. The summed E-state index contributed by atoms with van der Waals surface area (Å²) in [4.78, 5) is 30.4. The van der Waals surface area contributed by atoms with Crippen LogP contribution >= 0.6 is 11.6 Å². The Hall–Kier alpha value is -3.84. The van der Waals surface area contributed by atoms with Gasteiger partial charge in [0.25, 0.3) is 5.91 Å². The van der Waals surface area contributed by atoms with Crippen molar-refractivity contribution in [2.75, 3.05) is 24.4 Å². The highest BCUT2D eigenvalue weighted by molar-refractivity contribution is 6.30. The minimum Gasteiger partial charge on any atom is -0.453 e. The number of hydrogen-bond donors (Lipinski definition) is 1. The highest BCUT2D eigenvalue weighted by atomic mass is 35.5. The predicted molar refractivity (Wildman–Crippen MR) is 121 cm³/mol. The van der Waals surface area contributed by atoms with E-state index in [1.54, 1.807) is 72.9 Å². The lowest BCUT2D eigenvalue weighted by Gasteiger charge is -2.17. The van der Waals surface area contributed by atoms with Crippen LogP contribution < -0.4 is 10.2 Å². The topological polar surface area (TPSA) is 75.9 Å². The number of hydrogen-bond acceptors (Lipinski definition) is 4. The lowest BCUT2D eigenvalue weighted by molar-refractivity contribution is 0.0992. The van der Waals surface area contributed by atoms with Crippen molar-refractivity contribution in [1.29, 1.82) is 0 Å². The fourth-order valence-electron chi connectivity index (χ4n) is 3.19. The van der Waals surface area contributed by atoms with Crippen LogP contribution in [0, 0.1) is 0 Å². The van der Waals surface area contributed by atoms with E-state index in [0.29, 0.717) is 16.3 Å². The summed E-state index contributed by atoms with van der Waals surface area (Å²) in [6.07, 6.45) is 2.98. The van der Waals surface area contributed by atoms with Gasteiger partial charge in [-0.15, -0.1) is 0 Å². The Morgan fingerprint density at radius 2 is 1.74 bits per heavy atom. The van der Waals surface area contributed by atoms with Crippen LogP contribution in [-0.4, -0.2) is 35.5 Å². The van der Waals surface area contributed by atoms with Crippen molar-refractivity contribution in [3.8, 4) is 11.3 Å². The lowest BCUT2D eigenvalue weighted by atomic mass is 10.1. The van der Waals surface area contributed by atoms with E-state index < -0.39 is 6.09 Å². The number of rotatable bonds is 4. The van der Waals surface area contributed by atoms with Crippen LogP contribution in [0.5, 0.6) is 0 Å². The number of amides is 2. The third-order valence-corrected chi connectivity index (χ3v) is 5.14. The molecule has 2 heterocycles. The number of imidazole rings is 1. The van der Waals surface area contributed by atoms with Gasteiger partial charge in [-0.1, -0.05) is 23.7 Å². The zero-order valence-corrected chi connectivity index (χ0v) is 17.6. The molecule has 2 amide bonds. The number of nitrogens with one attached hydrogen (secondary N) is 1. The van der Waals surface area contributed by atoms with Crippen molar-refractivity contribution in [2.45, 2.75) is 0 Å². The first-order chi connectivity index (χ1) is 15.0. The average molecular weight is 435 g/mol. The second-order valence-electron chi connectivity index (χ2n) is 6.82. The number of benzene rings is 2. The monoisotopic (exact) mass is 434 g/mol. The van der Waals surface area contributed by atoms with Crippen molar-refractivity contribution < 1.29 is 14.3 Å². The molecule has 0 unspecified atom stereocenters. The molecule has 0 fully saturated rings. The Labute approximate surface area is 183 Å². The highest BCUT2D eigenvalue weighted by Gasteiger charge is 2.16. The molecule has 4 rings (SSSR count). The molecule has 0 spiro atoms. The zero-order chi connectivity index (χ0) is 22.0. The molecular formula is C23H19ClN4O3. The van der Waals surface area contributed by atoms with Gasteiger partial charge in [0.15, 0.2) is 0 Å². The molecule has 0 aliphatic rings. The Morgan fingerprint density at radius 3 is 2.42 bits per heavy atom. The first-order valence-electron chi connectivity index (χ1n) is 9.42. The van der Waals surface area contributed by atoms with E-state index in [9.17, 15) is 9.59 Å². The van der Waals surface area contributed by atoms with Crippen molar-refractivity contribution >= 4 is 40.6 Å². The van der Waals surface area contributed by atoms with Crippen molar-refractivity contribution in [3.05, 3.63) is 83.6 Å². The van der Waals surface area contributed by atoms with Crippen LogP contribution in [0.4, 0.5) is 16.2 Å². The first kappa shape index (κ1) is 20.4. The van der Waals surface area contributed by atoms with E-state index in [-0.39, 0.29) is 5.91 Å². The Morgan fingerprint density at radius 1 is 1.03 bits per heavy atom. The standard InChI is InChI=1S/C23H19ClN4O3/c1-27(19-10-6-17(24)7-11-19)22(29)16-5-12-21-25-13-20(28(21)14-16)15-3-8-18(9-4-15)26-23(30)31-2/h3-14H,1-2H3,(H,26,30). The fraction of sp³-hybridized carbons (Fsp3) is 0.0870. The summed E-state index contributed by atoms with van der Waals surface area (Å²) >= 11 is 5.94. The second kappa shape index (κ2) is 8.49. The number of nitrogens with zero attached hydrogens (tertiary/aromatic N) is 3. The van der Waals surface area contributed by atoms with Gasteiger partial charge in [-0.05, 0) is 48.5 Å². The maximum Gasteiger partial charge on any atom is 0.411 e. The Kier molecular flexibility index (Phi) is 5.60. The maximum atomic E-state index is 13.0. The van der Waals surface area contributed by atoms with E-state index in [2.05, 4.69) is 15.0 Å². The Bertz CT molecular complexity index is 1250. The van der Waals surface area contributed by atoms with E-state index in [4.69, 9.17) is 11.6 Å². The summed E-state index contributed by atoms with van der Waals surface area (Å²) in [6, 6.07) is 17.9. The molecule has 2 aromatic heterocycles. The summed E-state index contributed by atoms with van der Waals surface area (Å²) in [5, 5.41) is 3.23. The summed E-state index contributed by atoms with van der Waals surface area (Å²) < 4.78 is 6.47. The van der Waals surface area contributed by atoms with Gasteiger partial charge in [-0.2, -0.15) is 0 Å². The molecular weight excluding hydrogens is 416 g/mol. The van der Waals surface area contributed by atoms with Gasteiger partial charge in [0.2, 0.25) is 0 Å². The van der Waals surface area contributed by atoms with Gasteiger partial charge >= 0.3 is 6.09 Å². The zero-order valence-electron chi connectivity index (χ0n) is 16.9. The fourth-order valence-corrected chi connectivity index (χ4v) is 3.32. The van der Waals surface area contributed by atoms with Gasteiger partial charge < -0.3 is 9.64 Å². The number of halogens is 1. The van der Waals surface area contributed by atoms with Gasteiger partial charge in [-0.25, -0.2) is 9.78 Å². The number of carbonyl (C=O) groups is 2. The van der Waals surface area contributed by atoms with Crippen LogP contribution in [-0.2, 0) is 4.74 Å². The van der Waals surface area contributed by atoms with Gasteiger partial charge in [-0.3, -0.25) is 14.5 Å².